The Balaban J connectivity index is 0.000000181. The van der Waals surface area contributed by atoms with Crippen LogP contribution in [0.15, 0.2) is 54.9 Å². The van der Waals surface area contributed by atoms with E-state index in [4.69, 9.17) is 0 Å². The fraction of sp³-hybridized carbons (Fsp3) is 0.625. The van der Waals surface area contributed by atoms with E-state index in [1.54, 1.807) is 0 Å². The summed E-state index contributed by atoms with van der Waals surface area (Å²) < 4.78 is 0. The third-order valence-electron chi connectivity index (χ3n) is 9.01. The topological polar surface area (TPSA) is 76.9 Å². The summed E-state index contributed by atoms with van der Waals surface area (Å²) in [6, 6.07) is 14.4. The molecule has 38 heavy (non-hydrogen) atoms. The van der Waals surface area contributed by atoms with Gasteiger partial charge in [-0.15, -0.1) is 0 Å². The summed E-state index contributed by atoms with van der Waals surface area (Å²) in [5.41, 5.74) is 2.25. The molecule has 1 aliphatic carbocycles. The summed E-state index contributed by atoms with van der Waals surface area (Å²) in [4.78, 5) is 20.3. The van der Waals surface area contributed by atoms with Gasteiger partial charge in [-0.05, 0) is 100 Å². The maximum atomic E-state index is 11.8. The van der Waals surface area contributed by atoms with E-state index >= 15 is 0 Å². The molecule has 3 aliphatic rings. The summed E-state index contributed by atoms with van der Waals surface area (Å²) in [6.07, 6.45) is 15.4. The van der Waals surface area contributed by atoms with Gasteiger partial charge in [0.05, 0.1) is 5.60 Å². The molecule has 2 aliphatic heterocycles. The Labute approximate surface area is 229 Å². The van der Waals surface area contributed by atoms with Crippen LogP contribution in [0.3, 0.4) is 0 Å². The van der Waals surface area contributed by atoms with Gasteiger partial charge in [0, 0.05) is 32.0 Å². The average molecular weight is 522 g/mol. The number of aryl methyl sites for hydroxylation is 1. The Hall–Kier alpha value is -2.28. The molecule has 208 valence electrons. The molecule has 1 saturated carbocycles. The molecule has 3 heterocycles. The van der Waals surface area contributed by atoms with Gasteiger partial charge in [-0.1, -0.05) is 49.6 Å². The highest BCUT2D eigenvalue weighted by atomic mass is 16.4. The van der Waals surface area contributed by atoms with E-state index in [0.717, 1.165) is 77.5 Å². The Morgan fingerprint density at radius 1 is 1.00 bits per heavy atom. The lowest BCUT2D eigenvalue weighted by Gasteiger charge is -2.36. The smallest absolute Gasteiger partial charge is 0.321 e. The van der Waals surface area contributed by atoms with Crippen molar-refractivity contribution in [2.45, 2.75) is 88.2 Å². The van der Waals surface area contributed by atoms with Crippen LogP contribution in [0, 0.1) is 5.92 Å². The fourth-order valence-corrected chi connectivity index (χ4v) is 6.60. The Morgan fingerprint density at radius 2 is 1.68 bits per heavy atom. The standard InChI is InChI=1S/C18H25NO2.C14H22N2O/c20-18(21)17(15-9-5-2-6-10-15)19-12-11-16(13-19)14-7-3-1-4-8-14;1-16-11-7-14(17,8-12-16)6-2-3-13-4-9-15-10-5-13/h1,3-4,7-8,15-17H,2,5-6,9-13H2,(H,20,21);4-5,9-10,17H,2-3,6-8,11-12H2,1H3. The summed E-state index contributed by atoms with van der Waals surface area (Å²) in [5, 5.41) is 20.1. The molecule has 2 aromatic rings. The number of carboxylic acid groups (broad SMARTS) is 1. The molecular formula is C32H47N3O3. The zero-order chi connectivity index (χ0) is 26.8. The maximum absolute atomic E-state index is 11.8. The van der Waals surface area contributed by atoms with Gasteiger partial charge in [-0.25, -0.2) is 0 Å². The number of nitrogens with zero attached hydrogens (tertiary/aromatic N) is 3. The first-order chi connectivity index (χ1) is 18.4. The second kappa shape index (κ2) is 14.2. The molecule has 2 atom stereocenters. The van der Waals surface area contributed by atoms with Crippen LogP contribution >= 0.6 is 0 Å². The molecule has 3 fully saturated rings. The molecule has 0 bridgehead atoms. The van der Waals surface area contributed by atoms with Gasteiger partial charge < -0.3 is 15.1 Å². The first kappa shape index (κ1) is 28.7. The molecular weight excluding hydrogens is 474 g/mol. The highest BCUT2D eigenvalue weighted by Crippen LogP contribution is 2.34. The van der Waals surface area contributed by atoms with Crippen molar-refractivity contribution < 1.29 is 15.0 Å². The number of benzene rings is 1. The van der Waals surface area contributed by atoms with Crippen molar-refractivity contribution in [3.63, 3.8) is 0 Å². The fourth-order valence-electron chi connectivity index (χ4n) is 6.60. The zero-order valence-corrected chi connectivity index (χ0v) is 23.2. The van der Waals surface area contributed by atoms with Crippen LogP contribution in [0.25, 0.3) is 0 Å². The minimum Gasteiger partial charge on any atom is -0.480 e. The molecule has 0 spiro atoms. The predicted molar refractivity (Wildman–Crippen MR) is 152 cm³/mol. The van der Waals surface area contributed by atoms with Crippen LogP contribution in [0.2, 0.25) is 0 Å². The number of aliphatic hydroxyl groups is 1. The Kier molecular flexibility index (Phi) is 10.7. The third-order valence-corrected chi connectivity index (χ3v) is 9.01. The van der Waals surface area contributed by atoms with E-state index in [2.05, 4.69) is 58.2 Å². The third kappa shape index (κ3) is 8.36. The maximum Gasteiger partial charge on any atom is 0.321 e. The van der Waals surface area contributed by atoms with E-state index in [1.807, 2.05) is 18.5 Å². The van der Waals surface area contributed by atoms with E-state index < -0.39 is 11.6 Å². The van der Waals surface area contributed by atoms with Gasteiger partial charge in [0.2, 0.25) is 0 Å². The second-order valence-electron chi connectivity index (χ2n) is 11.8. The predicted octanol–water partition coefficient (Wildman–Crippen LogP) is 5.37. The number of hydrogen-bond donors (Lipinski definition) is 2. The van der Waals surface area contributed by atoms with Crippen molar-refractivity contribution >= 4 is 5.97 Å². The monoisotopic (exact) mass is 521 g/mol. The number of aliphatic carboxylic acids is 1. The summed E-state index contributed by atoms with van der Waals surface area (Å²) in [6.45, 7) is 3.86. The summed E-state index contributed by atoms with van der Waals surface area (Å²) in [7, 11) is 2.12. The molecule has 5 rings (SSSR count). The van der Waals surface area contributed by atoms with Gasteiger partial charge in [0.1, 0.15) is 6.04 Å². The highest BCUT2D eigenvalue weighted by molar-refractivity contribution is 5.74. The van der Waals surface area contributed by atoms with E-state index in [1.165, 1.54) is 30.4 Å². The summed E-state index contributed by atoms with van der Waals surface area (Å²) in [5.74, 6) is 0.234. The molecule has 2 N–H and O–H groups in total. The Morgan fingerprint density at radius 3 is 2.34 bits per heavy atom. The number of carboxylic acids is 1. The van der Waals surface area contributed by atoms with E-state index in [-0.39, 0.29) is 6.04 Å². The quantitative estimate of drug-likeness (QED) is 0.486. The normalized spacial score (nSPS) is 23.4. The highest BCUT2D eigenvalue weighted by Gasteiger charge is 2.38. The van der Waals surface area contributed by atoms with Crippen LogP contribution in [-0.2, 0) is 11.2 Å². The van der Waals surface area contributed by atoms with Crippen molar-refractivity contribution in [2.24, 2.45) is 5.92 Å². The SMILES string of the molecule is CN1CCC(O)(CCCc2ccncc2)CC1.O=C(O)C(C1CCCCC1)N1CCC(c2ccccc2)C1. The minimum atomic E-state index is -0.615. The van der Waals surface area contributed by atoms with Gasteiger partial charge in [-0.3, -0.25) is 14.7 Å². The molecule has 1 aromatic carbocycles. The van der Waals surface area contributed by atoms with Crippen molar-refractivity contribution in [2.75, 3.05) is 33.2 Å². The van der Waals surface area contributed by atoms with E-state index in [0.29, 0.717) is 11.8 Å². The number of likely N-dealkylation sites (tertiary alicyclic amines) is 2. The second-order valence-corrected chi connectivity index (χ2v) is 11.8. The number of pyridine rings is 1. The molecule has 6 nitrogen and oxygen atoms in total. The van der Waals surface area contributed by atoms with Crippen LogP contribution in [0.4, 0.5) is 0 Å². The van der Waals surface area contributed by atoms with E-state index in [9.17, 15) is 15.0 Å². The molecule has 2 unspecified atom stereocenters. The summed E-state index contributed by atoms with van der Waals surface area (Å²) >= 11 is 0. The molecule has 6 heteroatoms. The van der Waals surface area contributed by atoms with Crippen LogP contribution in [-0.4, -0.2) is 75.8 Å². The lowest BCUT2D eigenvalue weighted by Crippen LogP contribution is -2.45. The number of hydrogen-bond acceptors (Lipinski definition) is 5. The first-order valence-electron chi connectivity index (χ1n) is 14.8. The molecule has 1 aromatic heterocycles. The molecule has 0 amide bonds. The van der Waals surface area contributed by atoms with Gasteiger partial charge in [-0.2, -0.15) is 0 Å². The average Bonchev–Trinajstić information content (AvgIpc) is 3.42. The van der Waals surface area contributed by atoms with Gasteiger partial charge >= 0.3 is 5.97 Å². The van der Waals surface area contributed by atoms with Crippen LogP contribution in [0.1, 0.15) is 81.3 Å². The van der Waals surface area contributed by atoms with Crippen LogP contribution in [0.5, 0.6) is 0 Å². The molecule has 0 radical (unpaired) electrons. The lowest BCUT2D eigenvalue weighted by atomic mass is 9.83. The number of carbonyl (C=O) groups is 1. The van der Waals surface area contributed by atoms with Crippen molar-refractivity contribution in [1.82, 2.24) is 14.8 Å². The Bertz CT molecular complexity index is 956. The number of piperidine rings is 1. The first-order valence-corrected chi connectivity index (χ1v) is 14.8. The van der Waals surface area contributed by atoms with Gasteiger partial charge in [0.25, 0.3) is 0 Å². The van der Waals surface area contributed by atoms with Crippen molar-refractivity contribution in [1.29, 1.82) is 0 Å². The van der Waals surface area contributed by atoms with Crippen LogP contribution < -0.4 is 0 Å². The van der Waals surface area contributed by atoms with Crippen molar-refractivity contribution in [3.8, 4) is 0 Å². The zero-order valence-electron chi connectivity index (χ0n) is 23.2. The lowest BCUT2D eigenvalue weighted by molar-refractivity contribution is -0.145. The van der Waals surface area contributed by atoms with Crippen molar-refractivity contribution in [3.05, 3.63) is 66.0 Å². The largest absolute Gasteiger partial charge is 0.480 e. The van der Waals surface area contributed by atoms with Gasteiger partial charge in [0.15, 0.2) is 0 Å². The minimum absolute atomic E-state index is 0.265. The molecule has 2 saturated heterocycles. The number of aromatic nitrogens is 1. The number of rotatable bonds is 8.